The number of amidine groups is 1. The van der Waals surface area contributed by atoms with Crippen LogP contribution in [0.1, 0.15) is 55.9 Å². The van der Waals surface area contributed by atoms with E-state index in [1.165, 1.54) is 48.8 Å². The average Bonchev–Trinajstić information content (AvgIpc) is 3.34. The van der Waals surface area contributed by atoms with Crippen LogP contribution in [0.3, 0.4) is 0 Å². The molecule has 4 nitrogen and oxygen atoms in total. The number of hydrogen-bond donors (Lipinski definition) is 0. The highest BCUT2D eigenvalue weighted by Gasteiger charge is 2.45. The molecule has 0 spiro atoms. The van der Waals surface area contributed by atoms with Crippen LogP contribution in [0.5, 0.6) is 0 Å². The minimum Gasteiger partial charge on any atom is -0.372 e. The van der Waals surface area contributed by atoms with Crippen LogP contribution in [0.2, 0.25) is 0 Å². The van der Waals surface area contributed by atoms with Gasteiger partial charge in [-0.3, -0.25) is 9.98 Å². The molecule has 5 rings (SSSR count). The Balaban J connectivity index is 1.48. The topological polar surface area (TPSA) is 31.7 Å². The van der Waals surface area contributed by atoms with Crippen molar-refractivity contribution in [3.63, 3.8) is 0 Å². The number of pyridine rings is 1. The van der Waals surface area contributed by atoms with Crippen LogP contribution in [0.15, 0.2) is 53.7 Å². The summed E-state index contributed by atoms with van der Waals surface area (Å²) >= 11 is 1.91. The fraction of sp³-hybridized carbons (Fsp3) is 0.478. The summed E-state index contributed by atoms with van der Waals surface area (Å²) in [6, 6.07) is 16.4. The van der Waals surface area contributed by atoms with Gasteiger partial charge < -0.3 is 9.80 Å². The molecule has 4 heterocycles. The highest BCUT2D eigenvalue weighted by atomic mass is 32.2. The molecule has 0 aliphatic carbocycles. The van der Waals surface area contributed by atoms with Gasteiger partial charge in [0, 0.05) is 36.8 Å². The smallest absolute Gasteiger partial charge is 0.160 e. The number of piperidine rings is 1. The van der Waals surface area contributed by atoms with Gasteiger partial charge in [-0.05, 0) is 55.5 Å². The molecule has 2 fully saturated rings. The number of fused-ring (bicyclic) bond motifs is 1. The van der Waals surface area contributed by atoms with Crippen molar-refractivity contribution in [1.82, 2.24) is 9.88 Å². The summed E-state index contributed by atoms with van der Waals surface area (Å²) in [5.41, 5.74) is 3.79. The number of benzene rings is 1. The Hall–Kier alpha value is -2.01. The highest BCUT2D eigenvalue weighted by molar-refractivity contribution is 8.14. The first-order chi connectivity index (χ1) is 13.8. The summed E-state index contributed by atoms with van der Waals surface area (Å²) in [6.45, 7) is 4.67. The molecule has 0 amide bonds. The lowest BCUT2D eigenvalue weighted by molar-refractivity contribution is 0.255. The molecule has 0 saturated carbocycles. The van der Waals surface area contributed by atoms with Gasteiger partial charge in [-0.15, -0.1) is 0 Å². The van der Waals surface area contributed by atoms with Crippen LogP contribution in [0.4, 0.5) is 5.69 Å². The van der Waals surface area contributed by atoms with Gasteiger partial charge in [0.05, 0.1) is 11.7 Å². The quantitative estimate of drug-likeness (QED) is 0.729. The van der Waals surface area contributed by atoms with E-state index in [2.05, 4.69) is 58.1 Å². The van der Waals surface area contributed by atoms with Gasteiger partial charge in [-0.2, -0.15) is 0 Å². The maximum Gasteiger partial charge on any atom is 0.160 e. The average molecular weight is 393 g/mol. The van der Waals surface area contributed by atoms with E-state index in [4.69, 9.17) is 4.99 Å². The number of anilines is 1. The number of aromatic nitrogens is 1. The monoisotopic (exact) mass is 392 g/mol. The van der Waals surface area contributed by atoms with Crippen molar-refractivity contribution in [3.05, 3.63) is 59.9 Å². The predicted octanol–water partition coefficient (Wildman–Crippen LogP) is 5.05. The van der Waals surface area contributed by atoms with Gasteiger partial charge in [0.1, 0.15) is 6.04 Å². The Morgan fingerprint density at radius 1 is 1.04 bits per heavy atom. The summed E-state index contributed by atoms with van der Waals surface area (Å²) in [6.07, 6.45) is 7.04. The summed E-state index contributed by atoms with van der Waals surface area (Å²) < 4.78 is 0. The van der Waals surface area contributed by atoms with Crippen molar-refractivity contribution in [3.8, 4) is 0 Å². The van der Waals surface area contributed by atoms with Crippen molar-refractivity contribution in [2.75, 3.05) is 23.7 Å². The predicted molar refractivity (Wildman–Crippen MR) is 118 cm³/mol. The molecule has 3 aliphatic heterocycles. The van der Waals surface area contributed by atoms with Gasteiger partial charge >= 0.3 is 0 Å². The summed E-state index contributed by atoms with van der Waals surface area (Å²) in [7, 11) is 0. The van der Waals surface area contributed by atoms with Gasteiger partial charge in [-0.25, -0.2) is 0 Å². The molecular weight excluding hydrogens is 364 g/mol. The molecule has 1 aromatic heterocycles. The number of thioether (sulfide) groups is 1. The number of rotatable bonds is 4. The van der Waals surface area contributed by atoms with E-state index in [1.54, 1.807) is 0 Å². The van der Waals surface area contributed by atoms with Gasteiger partial charge in [0.2, 0.25) is 0 Å². The normalized spacial score (nSPS) is 27.0. The second kappa shape index (κ2) is 7.78. The van der Waals surface area contributed by atoms with Crippen LogP contribution in [-0.4, -0.2) is 39.9 Å². The molecular formula is C23H28N4S. The lowest BCUT2D eigenvalue weighted by atomic mass is 9.95. The molecule has 3 atom stereocenters. The fourth-order valence-electron chi connectivity index (χ4n) is 4.74. The van der Waals surface area contributed by atoms with Gasteiger partial charge in [-0.1, -0.05) is 36.9 Å². The maximum absolute atomic E-state index is 5.12. The van der Waals surface area contributed by atoms with E-state index in [9.17, 15) is 0 Å². The molecule has 28 heavy (non-hydrogen) atoms. The SMILES string of the molecule is CC[C@@H]1CSC2=N[C@@H](c3ccccn3)[C@@H](c3ccc(N4CCCCC4)cc3)N21. The minimum atomic E-state index is 0.0823. The summed E-state index contributed by atoms with van der Waals surface area (Å²) in [5.74, 6) is 1.15. The van der Waals surface area contributed by atoms with Crippen molar-refractivity contribution >= 4 is 22.6 Å². The largest absolute Gasteiger partial charge is 0.372 e. The molecule has 0 N–H and O–H groups in total. The lowest BCUT2D eigenvalue weighted by Gasteiger charge is -2.33. The molecule has 2 saturated heterocycles. The third-order valence-electron chi connectivity index (χ3n) is 6.29. The van der Waals surface area contributed by atoms with Crippen molar-refractivity contribution in [1.29, 1.82) is 0 Å². The Kier molecular flexibility index (Phi) is 5.02. The molecule has 146 valence electrons. The highest BCUT2D eigenvalue weighted by Crippen LogP contribution is 2.48. The molecule has 1 aromatic carbocycles. The molecule has 5 heteroatoms. The van der Waals surface area contributed by atoms with Gasteiger partial charge in [0.25, 0.3) is 0 Å². The first-order valence-electron chi connectivity index (χ1n) is 10.6. The van der Waals surface area contributed by atoms with Gasteiger partial charge in [0.15, 0.2) is 5.17 Å². The molecule has 2 aromatic rings. The van der Waals surface area contributed by atoms with Crippen molar-refractivity contribution < 1.29 is 0 Å². The Bertz CT molecular complexity index is 829. The maximum atomic E-state index is 5.12. The first kappa shape index (κ1) is 18.0. The molecule has 0 bridgehead atoms. The fourth-order valence-corrected chi connectivity index (χ4v) is 6.08. The van der Waals surface area contributed by atoms with E-state index in [1.807, 2.05) is 24.0 Å². The van der Waals surface area contributed by atoms with E-state index in [0.717, 1.165) is 17.9 Å². The molecule has 0 unspecified atom stereocenters. The van der Waals surface area contributed by atoms with E-state index in [-0.39, 0.29) is 12.1 Å². The number of aliphatic imine (C=N–C) groups is 1. The van der Waals surface area contributed by atoms with E-state index < -0.39 is 0 Å². The second-order valence-electron chi connectivity index (χ2n) is 7.98. The Morgan fingerprint density at radius 3 is 2.57 bits per heavy atom. The summed E-state index contributed by atoms with van der Waals surface area (Å²) in [4.78, 5) is 14.9. The third kappa shape index (κ3) is 3.20. The zero-order valence-electron chi connectivity index (χ0n) is 16.5. The number of nitrogens with zero attached hydrogens (tertiary/aromatic N) is 4. The van der Waals surface area contributed by atoms with Crippen LogP contribution >= 0.6 is 11.8 Å². The van der Waals surface area contributed by atoms with Crippen LogP contribution in [0.25, 0.3) is 0 Å². The Morgan fingerprint density at radius 2 is 1.86 bits per heavy atom. The zero-order chi connectivity index (χ0) is 18.9. The molecule has 3 aliphatic rings. The van der Waals surface area contributed by atoms with E-state index >= 15 is 0 Å². The first-order valence-corrected chi connectivity index (χ1v) is 11.6. The van der Waals surface area contributed by atoms with Crippen LogP contribution in [0, 0.1) is 0 Å². The van der Waals surface area contributed by atoms with Crippen molar-refractivity contribution in [2.45, 2.75) is 50.7 Å². The number of hydrogen-bond acceptors (Lipinski definition) is 5. The zero-order valence-corrected chi connectivity index (χ0v) is 17.3. The second-order valence-corrected chi connectivity index (χ2v) is 8.96. The lowest BCUT2D eigenvalue weighted by Crippen LogP contribution is -2.35. The standard InChI is InChI=1S/C23H28N4S/c1-2-18-16-28-23-25-21(20-8-4-5-13-24-20)22(27(18)23)17-9-11-19(12-10-17)26-14-6-3-7-15-26/h4-5,8-13,18,21-22H,2-3,6-7,14-16H2,1H3/t18-,21+,22-/m1/s1. The van der Waals surface area contributed by atoms with Crippen LogP contribution < -0.4 is 4.90 Å². The Labute approximate surface area is 172 Å². The van der Waals surface area contributed by atoms with Crippen LogP contribution in [-0.2, 0) is 0 Å². The van der Waals surface area contributed by atoms with Crippen molar-refractivity contribution in [2.24, 2.45) is 4.99 Å². The molecule has 0 radical (unpaired) electrons. The van der Waals surface area contributed by atoms with E-state index in [0.29, 0.717) is 6.04 Å². The summed E-state index contributed by atoms with van der Waals surface area (Å²) in [5, 5.41) is 1.20. The third-order valence-corrected chi connectivity index (χ3v) is 7.41. The minimum absolute atomic E-state index is 0.0823.